The summed E-state index contributed by atoms with van der Waals surface area (Å²) in [7, 11) is 3.49. The van der Waals surface area contributed by atoms with Gasteiger partial charge in [-0.1, -0.05) is 6.07 Å². The molecule has 0 aliphatic rings. The van der Waals surface area contributed by atoms with E-state index < -0.39 is 0 Å². The average molecular weight is 262 g/mol. The molecule has 5 heteroatoms. The van der Waals surface area contributed by atoms with Gasteiger partial charge in [-0.25, -0.2) is 0 Å². The monoisotopic (exact) mass is 262 g/mol. The first-order valence-corrected chi connectivity index (χ1v) is 6.11. The zero-order valence-corrected chi connectivity index (χ0v) is 11.2. The normalized spacial score (nSPS) is 10.5. The van der Waals surface area contributed by atoms with Crippen molar-refractivity contribution in [3.63, 3.8) is 0 Å². The summed E-state index contributed by atoms with van der Waals surface area (Å²) in [6.45, 7) is 0.528. The molecule has 102 valence electrons. The van der Waals surface area contributed by atoms with E-state index in [2.05, 4.69) is 5.10 Å². The average Bonchev–Trinajstić information content (AvgIpc) is 2.84. The van der Waals surface area contributed by atoms with Crippen molar-refractivity contribution in [3.05, 3.63) is 41.7 Å². The first-order valence-electron chi connectivity index (χ1n) is 6.11. The Hall–Kier alpha value is -2.01. The maximum atomic E-state index is 9.12. The highest BCUT2D eigenvalue weighted by atomic mass is 16.5. The highest BCUT2D eigenvalue weighted by Crippen LogP contribution is 2.28. The van der Waals surface area contributed by atoms with Crippen LogP contribution in [-0.2, 0) is 20.1 Å². The van der Waals surface area contributed by atoms with E-state index in [9.17, 15) is 0 Å². The number of nitrogens with zero attached hydrogens (tertiary/aromatic N) is 2. The van der Waals surface area contributed by atoms with Crippen molar-refractivity contribution in [1.82, 2.24) is 9.78 Å². The van der Waals surface area contributed by atoms with Crippen LogP contribution in [0, 0.1) is 0 Å². The van der Waals surface area contributed by atoms with Crippen LogP contribution in [0.15, 0.2) is 30.6 Å². The number of aryl methyl sites for hydroxylation is 1. The van der Waals surface area contributed by atoms with Crippen LogP contribution in [0.5, 0.6) is 11.5 Å². The molecular weight excluding hydrogens is 244 g/mol. The van der Waals surface area contributed by atoms with Gasteiger partial charge in [0.05, 0.1) is 26.5 Å². The lowest BCUT2D eigenvalue weighted by molar-refractivity contribution is 0.276. The second-order valence-corrected chi connectivity index (χ2v) is 4.26. The molecule has 0 radical (unpaired) electrons. The van der Waals surface area contributed by atoms with Gasteiger partial charge in [-0.15, -0.1) is 0 Å². The molecule has 1 aromatic heterocycles. The maximum Gasteiger partial charge on any atom is 0.161 e. The second-order valence-electron chi connectivity index (χ2n) is 4.26. The minimum atomic E-state index is -0.0110. The number of hydrogen-bond acceptors (Lipinski definition) is 4. The highest BCUT2D eigenvalue weighted by Gasteiger charge is 2.06. The number of rotatable bonds is 6. The van der Waals surface area contributed by atoms with Gasteiger partial charge in [0.1, 0.15) is 0 Å². The minimum absolute atomic E-state index is 0.0110. The lowest BCUT2D eigenvalue weighted by atomic mass is 10.2. The highest BCUT2D eigenvalue weighted by molar-refractivity contribution is 5.42. The van der Waals surface area contributed by atoms with Crippen molar-refractivity contribution in [2.75, 3.05) is 13.7 Å². The van der Waals surface area contributed by atoms with Crippen LogP contribution in [0.3, 0.4) is 0 Å². The van der Waals surface area contributed by atoms with Gasteiger partial charge in [0.15, 0.2) is 11.5 Å². The van der Waals surface area contributed by atoms with Gasteiger partial charge in [0.2, 0.25) is 0 Å². The summed E-state index contributed by atoms with van der Waals surface area (Å²) in [6, 6.07) is 5.40. The van der Waals surface area contributed by atoms with Crippen molar-refractivity contribution in [2.45, 2.75) is 13.0 Å². The first kappa shape index (κ1) is 13.4. The molecule has 0 aliphatic heterocycles. The summed E-state index contributed by atoms with van der Waals surface area (Å²) in [5.74, 6) is 1.32. The predicted molar refractivity (Wildman–Crippen MR) is 71.3 cm³/mol. The fourth-order valence-corrected chi connectivity index (χ4v) is 1.81. The van der Waals surface area contributed by atoms with Crippen LogP contribution in [0.4, 0.5) is 0 Å². The number of hydrogen-bond donors (Lipinski definition) is 1. The third kappa shape index (κ3) is 3.48. The Kier molecular flexibility index (Phi) is 4.41. The van der Waals surface area contributed by atoms with Crippen LogP contribution in [0.25, 0.3) is 0 Å². The lowest BCUT2D eigenvalue weighted by Gasteiger charge is -2.11. The van der Waals surface area contributed by atoms with E-state index in [0.717, 1.165) is 17.5 Å². The molecule has 0 atom stereocenters. The SMILES string of the molecule is COc1ccc(CO)cc1OCCc1cnn(C)c1. The number of ether oxygens (including phenoxy) is 2. The van der Waals surface area contributed by atoms with Gasteiger partial charge in [0, 0.05) is 19.7 Å². The molecule has 0 spiro atoms. The number of methoxy groups -OCH3 is 1. The summed E-state index contributed by atoms with van der Waals surface area (Å²) in [4.78, 5) is 0. The molecule has 0 saturated carbocycles. The van der Waals surface area contributed by atoms with Crippen molar-refractivity contribution < 1.29 is 14.6 Å². The fourth-order valence-electron chi connectivity index (χ4n) is 1.81. The molecule has 0 fully saturated rings. The Bertz CT molecular complexity index is 537. The predicted octanol–water partition coefficient (Wildman–Crippen LogP) is 1.54. The zero-order chi connectivity index (χ0) is 13.7. The van der Waals surface area contributed by atoms with E-state index in [1.807, 2.05) is 25.5 Å². The molecule has 1 N–H and O–H groups in total. The fraction of sp³-hybridized carbons (Fsp3) is 0.357. The number of aliphatic hydroxyl groups is 1. The van der Waals surface area contributed by atoms with Crippen LogP contribution >= 0.6 is 0 Å². The summed E-state index contributed by atoms with van der Waals surface area (Å²) in [5.41, 5.74) is 1.93. The summed E-state index contributed by atoms with van der Waals surface area (Å²) in [6.07, 6.45) is 4.57. The standard InChI is InChI=1S/C14H18N2O3/c1-16-9-12(8-15-16)5-6-19-14-7-11(10-17)3-4-13(14)18-2/h3-4,7-9,17H,5-6,10H2,1-2H3. The third-order valence-electron chi connectivity index (χ3n) is 2.82. The van der Waals surface area contributed by atoms with Gasteiger partial charge in [-0.3, -0.25) is 4.68 Å². The Morgan fingerprint density at radius 2 is 2.11 bits per heavy atom. The number of aromatic nitrogens is 2. The second kappa shape index (κ2) is 6.24. The van der Waals surface area contributed by atoms with Crippen molar-refractivity contribution in [2.24, 2.45) is 7.05 Å². The number of aliphatic hydroxyl groups excluding tert-OH is 1. The van der Waals surface area contributed by atoms with E-state index in [-0.39, 0.29) is 6.61 Å². The Morgan fingerprint density at radius 3 is 2.74 bits per heavy atom. The van der Waals surface area contributed by atoms with Crippen LogP contribution in [0.1, 0.15) is 11.1 Å². The molecule has 1 heterocycles. The van der Waals surface area contributed by atoms with E-state index in [0.29, 0.717) is 18.1 Å². The smallest absolute Gasteiger partial charge is 0.161 e. The molecule has 1 aromatic carbocycles. The van der Waals surface area contributed by atoms with Gasteiger partial charge in [0.25, 0.3) is 0 Å². The van der Waals surface area contributed by atoms with Gasteiger partial charge in [-0.2, -0.15) is 5.10 Å². The first-order chi connectivity index (χ1) is 9.22. The van der Waals surface area contributed by atoms with E-state index in [1.54, 1.807) is 23.9 Å². The maximum absolute atomic E-state index is 9.12. The molecule has 5 nitrogen and oxygen atoms in total. The molecule has 0 unspecified atom stereocenters. The van der Waals surface area contributed by atoms with Crippen LogP contribution in [-0.4, -0.2) is 28.6 Å². The Morgan fingerprint density at radius 1 is 1.26 bits per heavy atom. The zero-order valence-electron chi connectivity index (χ0n) is 11.2. The van der Waals surface area contributed by atoms with Crippen LogP contribution < -0.4 is 9.47 Å². The Balaban J connectivity index is 1.98. The summed E-state index contributed by atoms with van der Waals surface area (Å²) < 4.78 is 12.7. The summed E-state index contributed by atoms with van der Waals surface area (Å²) >= 11 is 0. The lowest BCUT2D eigenvalue weighted by Crippen LogP contribution is -2.03. The topological polar surface area (TPSA) is 56.5 Å². The molecule has 0 bridgehead atoms. The molecule has 2 aromatic rings. The van der Waals surface area contributed by atoms with Gasteiger partial charge in [-0.05, 0) is 23.3 Å². The van der Waals surface area contributed by atoms with Crippen molar-refractivity contribution in [3.8, 4) is 11.5 Å². The largest absolute Gasteiger partial charge is 0.493 e. The Labute approximate surface area is 112 Å². The van der Waals surface area contributed by atoms with Crippen molar-refractivity contribution >= 4 is 0 Å². The number of benzene rings is 1. The van der Waals surface area contributed by atoms with Gasteiger partial charge < -0.3 is 14.6 Å². The minimum Gasteiger partial charge on any atom is -0.493 e. The molecular formula is C14H18N2O3. The van der Waals surface area contributed by atoms with Crippen molar-refractivity contribution in [1.29, 1.82) is 0 Å². The van der Waals surface area contributed by atoms with E-state index in [1.165, 1.54) is 0 Å². The summed E-state index contributed by atoms with van der Waals surface area (Å²) in [5, 5.41) is 13.2. The van der Waals surface area contributed by atoms with E-state index in [4.69, 9.17) is 14.6 Å². The van der Waals surface area contributed by atoms with E-state index >= 15 is 0 Å². The molecule has 0 amide bonds. The van der Waals surface area contributed by atoms with Gasteiger partial charge >= 0.3 is 0 Å². The molecule has 19 heavy (non-hydrogen) atoms. The molecule has 2 rings (SSSR count). The third-order valence-corrected chi connectivity index (χ3v) is 2.82. The van der Waals surface area contributed by atoms with Crippen LogP contribution in [0.2, 0.25) is 0 Å². The molecule has 0 saturated heterocycles. The molecule has 0 aliphatic carbocycles. The quantitative estimate of drug-likeness (QED) is 0.858.